The van der Waals surface area contributed by atoms with E-state index in [0.717, 1.165) is 25.7 Å². The zero-order valence-corrected chi connectivity index (χ0v) is 14.3. The predicted octanol–water partition coefficient (Wildman–Crippen LogP) is 4.80. The zero-order valence-electron chi connectivity index (χ0n) is 12.7. The summed E-state index contributed by atoms with van der Waals surface area (Å²) in [5.74, 6) is -7.50. The molecule has 0 aromatic heterocycles. The predicted molar refractivity (Wildman–Crippen MR) is 80.1 cm³/mol. The van der Waals surface area contributed by atoms with Crippen LogP contribution in [0.3, 0.4) is 0 Å². The van der Waals surface area contributed by atoms with E-state index in [1.54, 1.807) is 0 Å². The van der Waals surface area contributed by atoms with Crippen LogP contribution in [0, 0.1) is 29.2 Å². The summed E-state index contributed by atoms with van der Waals surface area (Å²) < 4.78 is 85.5. The fourth-order valence-corrected chi connectivity index (χ4v) is 3.91. The monoisotopic (exact) mass is 374 g/mol. The molecule has 0 fully saturated rings. The third kappa shape index (κ3) is 4.84. The standard InChI is InChI=1S/C14H18F4O3S2/c1-3-5-6-8(4-2)7-22-13-9(15)11(17)14(23(19,20)21)12(18)10(13)16/h8H,3-7H2,1-2H3,(H,19,20,21). The lowest BCUT2D eigenvalue weighted by Crippen LogP contribution is -2.12. The molecule has 0 aliphatic heterocycles. The van der Waals surface area contributed by atoms with E-state index < -0.39 is 43.2 Å². The molecule has 0 saturated carbocycles. The van der Waals surface area contributed by atoms with Gasteiger partial charge in [0.25, 0.3) is 0 Å². The highest BCUT2D eigenvalue weighted by Gasteiger charge is 2.32. The molecule has 1 N–H and O–H groups in total. The molecule has 0 amide bonds. The molecule has 1 aromatic carbocycles. The lowest BCUT2D eigenvalue weighted by molar-refractivity contribution is 0.384. The molecule has 0 saturated heterocycles. The third-order valence-electron chi connectivity index (χ3n) is 3.45. The van der Waals surface area contributed by atoms with Crippen LogP contribution in [0.15, 0.2) is 9.79 Å². The van der Waals surface area contributed by atoms with Gasteiger partial charge in [0.15, 0.2) is 28.2 Å². The topological polar surface area (TPSA) is 54.4 Å². The van der Waals surface area contributed by atoms with E-state index in [2.05, 4.69) is 0 Å². The quantitative estimate of drug-likeness (QED) is 0.307. The first kappa shape index (κ1) is 20.2. The highest BCUT2D eigenvalue weighted by atomic mass is 32.2. The van der Waals surface area contributed by atoms with E-state index in [4.69, 9.17) is 4.55 Å². The second-order valence-corrected chi connectivity index (χ2v) is 7.51. The van der Waals surface area contributed by atoms with E-state index in [9.17, 15) is 26.0 Å². The van der Waals surface area contributed by atoms with Crippen LogP contribution in [-0.2, 0) is 10.1 Å². The average Bonchev–Trinajstić information content (AvgIpc) is 2.47. The Morgan fingerprint density at radius 2 is 1.57 bits per heavy atom. The first-order valence-corrected chi connectivity index (χ1v) is 9.53. The number of benzene rings is 1. The number of hydrogen-bond acceptors (Lipinski definition) is 3. The Hall–Kier alpha value is -0.800. The summed E-state index contributed by atoms with van der Waals surface area (Å²) in [5, 5.41) is 0. The Kier molecular flexibility index (Phi) is 7.34. The third-order valence-corrected chi connectivity index (χ3v) is 5.61. The SMILES string of the molecule is CCCCC(CC)CSc1c(F)c(F)c(S(=O)(=O)O)c(F)c1F. The van der Waals surface area contributed by atoms with Crippen LogP contribution in [0.25, 0.3) is 0 Å². The number of rotatable bonds is 8. The van der Waals surface area contributed by atoms with Crippen LogP contribution in [0.2, 0.25) is 0 Å². The van der Waals surface area contributed by atoms with Crippen molar-refractivity contribution in [1.29, 1.82) is 0 Å². The van der Waals surface area contributed by atoms with Gasteiger partial charge < -0.3 is 0 Å². The van der Waals surface area contributed by atoms with Crippen LogP contribution in [0.5, 0.6) is 0 Å². The van der Waals surface area contributed by atoms with Crippen LogP contribution < -0.4 is 0 Å². The van der Waals surface area contributed by atoms with Crippen molar-refractivity contribution in [2.75, 3.05) is 5.75 Å². The van der Waals surface area contributed by atoms with Crippen LogP contribution in [-0.4, -0.2) is 18.7 Å². The van der Waals surface area contributed by atoms with Gasteiger partial charge in [0, 0.05) is 5.75 Å². The van der Waals surface area contributed by atoms with E-state index in [1.807, 2.05) is 13.8 Å². The molecular weight excluding hydrogens is 356 g/mol. The van der Waals surface area contributed by atoms with Crippen molar-refractivity contribution in [2.45, 2.75) is 49.3 Å². The molecule has 132 valence electrons. The summed E-state index contributed by atoms with van der Waals surface area (Å²) in [6, 6.07) is 0. The maximum absolute atomic E-state index is 13.9. The highest BCUT2D eigenvalue weighted by Crippen LogP contribution is 2.35. The number of thioether (sulfide) groups is 1. The molecule has 0 radical (unpaired) electrons. The molecule has 1 aromatic rings. The number of unbranched alkanes of at least 4 members (excludes halogenated alkanes) is 1. The Morgan fingerprint density at radius 1 is 1.04 bits per heavy atom. The van der Waals surface area contributed by atoms with Crippen molar-refractivity contribution in [3.63, 3.8) is 0 Å². The van der Waals surface area contributed by atoms with Gasteiger partial charge in [-0.15, -0.1) is 11.8 Å². The Labute approximate surface area is 137 Å². The Bertz CT molecular complexity index is 633. The molecule has 0 aliphatic carbocycles. The van der Waals surface area contributed by atoms with Gasteiger partial charge in [-0.3, -0.25) is 4.55 Å². The summed E-state index contributed by atoms with van der Waals surface area (Å²) in [7, 11) is -5.41. The molecule has 1 atom stereocenters. The van der Waals surface area contributed by atoms with Gasteiger partial charge in [-0.1, -0.05) is 33.1 Å². The highest BCUT2D eigenvalue weighted by molar-refractivity contribution is 7.99. The smallest absolute Gasteiger partial charge is 0.282 e. The van der Waals surface area contributed by atoms with E-state index >= 15 is 0 Å². The Balaban J connectivity index is 3.15. The summed E-state index contributed by atoms with van der Waals surface area (Å²) >= 11 is 0.598. The van der Waals surface area contributed by atoms with Crippen molar-refractivity contribution in [3.05, 3.63) is 23.3 Å². The Morgan fingerprint density at radius 3 is 1.96 bits per heavy atom. The van der Waals surface area contributed by atoms with Gasteiger partial charge in [-0.05, 0) is 12.3 Å². The molecule has 0 spiro atoms. The van der Waals surface area contributed by atoms with E-state index in [1.165, 1.54) is 0 Å². The summed E-state index contributed by atoms with van der Waals surface area (Å²) in [6.07, 6.45) is 3.44. The number of halogens is 4. The summed E-state index contributed by atoms with van der Waals surface area (Å²) in [4.78, 5) is -2.92. The lowest BCUT2D eigenvalue weighted by atomic mass is 10.0. The molecule has 23 heavy (non-hydrogen) atoms. The first-order chi connectivity index (χ1) is 10.6. The maximum Gasteiger partial charge on any atom is 0.300 e. The van der Waals surface area contributed by atoms with Crippen molar-refractivity contribution >= 4 is 21.9 Å². The molecule has 0 bridgehead atoms. The van der Waals surface area contributed by atoms with Gasteiger partial charge in [0.05, 0.1) is 4.90 Å². The molecule has 1 unspecified atom stereocenters. The minimum atomic E-state index is -5.41. The van der Waals surface area contributed by atoms with Crippen molar-refractivity contribution < 1.29 is 30.5 Å². The van der Waals surface area contributed by atoms with Gasteiger partial charge in [0.1, 0.15) is 0 Å². The minimum absolute atomic E-state index is 0.117. The largest absolute Gasteiger partial charge is 0.300 e. The fourth-order valence-electron chi connectivity index (χ4n) is 2.04. The van der Waals surface area contributed by atoms with Gasteiger partial charge in [0.2, 0.25) is 0 Å². The minimum Gasteiger partial charge on any atom is -0.282 e. The van der Waals surface area contributed by atoms with E-state index in [0.29, 0.717) is 11.8 Å². The number of hydrogen-bond donors (Lipinski definition) is 1. The van der Waals surface area contributed by atoms with Crippen LogP contribution in [0.1, 0.15) is 39.5 Å². The van der Waals surface area contributed by atoms with Crippen molar-refractivity contribution in [2.24, 2.45) is 5.92 Å². The van der Waals surface area contributed by atoms with Crippen LogP contribution in [0.4, 0.5) is 17.6 Å². The maximum atomic E-state index is 13.9. The average molecular weight is 374 g/mol. The second-order valence-electron chi connectivity index (χ2n) is 5.12. The summed E-state index contributed by atoms with van der Waals surface area (Å²) in [5.41, 5.74) is 0. The molecule has 0 aliphatic rings. The lowest BCUT2D eigenvalue weighted by Gasteiger charge is -2.15. The molecule has 9 heteroatoms. The van der Waals surface area contributed by atoms with E-state index in [-0.39, 0.29) is 11.7 Å². The molecule has 1 rings (SSSR count). The van der Waals surface area contributed by atoms with Gasteiger partial charge >= 0.3 is 10.1 Å². The zero-order chi connectivity index (χ0) is 17.8. The van der Waals surface area contributed by atoms with Crippen LogP contribution >= 0.6 is 11.8 Å². The fraction of sp³-hybridized carbons (Fsp3) is 0.571. The van der Waals surface area contributed by atoms with Gasteiger partial charge in [-0.25, -0.2) is 17.6 Å². The first-order valence-electron chi connectivity index (χ1n) is 7.11. The second kappa shape index (κ2) is 8.34. The van der Waals surface area contributed by atoms with Crippen molar-refractivity contribution in [3.8, 4) is 0 Å². The summed E-state index contributed by atoms with van der Waals surface area (Å²) in [6.45, 7) is 3.90. The van der Waals surface area contributed by atoms with Gasteiger partial charge in [-0.2, -0.15) is 8.42 Å². The molecular formula is C14H18F4O3S2. The molecule has 3 nitrogen and oxygen atoms in total. The molecule has 0 heterocycles. The normalized spacial score (nSPS) is 13.3. The van der Waals surface area contributed by atoms with Crippen molar-refractivity contribution in [1.82, 2.24) is 0 Å².